The largest absolute Gasteiger partial charge is 0.481 e. The second kappa shape index (κ2) is 3.79. The molecule has 0 saturated carbocycles. The molecule has 0 spiro atoms. The van der Waals surface area contributed by atoms with Crippen molar-refractivity contribution in [1.29, 1.82) is 5.26 Å². The van der Waals surface area contributed by atoms with E-state index in [-0.39, 0.29) is 0 Å². The van der Waals surface area contributed by atoms with E-state index in [4.69, 9.17) is 10.00 Å². The molecule has 0 fully saturated rings. The van der Waals surface area contributed by atoms with Gasteiger partial charge in [-0.3, -0.25) is 0 Å². The van der Waals surface area contributed by atoms with Gasteiger partial charge >= 0.3 is 0 Å². The minimum absolute atomic E-state index is 0.344. The molecule has 1 atom stereocenters. The Morgan fingerprint density at radius 2 is 2.05 bits per heavy atom. The molecule has 1 unspecified atom stereocenters. The van der Waals surface area contributed by atoms with Crippen LogP contribution in [-0.4, -0.2) is 12.1 Å². The molecular weight excluding hydrogens is 243 g/mol. The number of pyridine rings is 1. The van der Waals surface area contributed by atoms with Crippen molar-refractivity contribution in [3.05, 3.63) is 47.2 Å². The summed E-state index contributed by atoms with van der Waals surface area (Å²) in [5, 5.41) is 8.95. The van der Waals surface area contributed by atoms with E-state index in [9.17, 15) is 4.39 Å². The SMILES string of the molecule is COc1ccc2c(n1)C(C)(F)c1ccc(C#N)cc1-2. The van der Waals surface area contributed by atoms with Gasteiger partial charge < -0.3 is 4.74 Å². The summed E-state index contributed by atoms with van der Waals surface area (Å²) in [4.78, 5) is 4.21. The monoisotopic (exact) mass is 254 g/mol. The first kappa shape index (κ1) is 11.7. The van der Waals surface area contributed by atoms with E-state index in [2.05, 4.69) is 11.1 Å². The van der Waals surface area contributed by atoms with Crippen LogP contribution >= 0.6 is 0 Å². The molecule has 1 heterocycles. The molecule has 3 nitrogen and oxygen atoms in total. The van der Waals surface area contributed by atoms with Gasteiger partial charge in [-0.15, -0.1) is 0 Å². The van der Waals surface area contributed by atoms with Crippen LogP contribution in [0.3, 0.4) is 0 Å². The van der Waals surface area contributed by atoms with Gasteiger partial charge in [-0.05, 0) is 30.7 Å². The van der Waals surface area contributed by atoms with Crippen molar-refractivity contribution in [2.45, 2.75) is 12.6 Å². The zero-order chi connectivity index (χ0) is 13.6. The topological polar surface area (TPSA) is 45.9 Å². The molecule has 0 N–H and O–H groups in total. The maximum Gasteiger partial charge on any atom is 0.213 e. The summed E-state index contributed by atoms with van der Waals surface area (Å²) >= 11 is 0. The molecule has 0 bridgehead atoms. The van der Waals surface area contributed by atoms with Crippen LogP contribution in [-0.2, 0) is 5.67 Å². The van der Waals surface area contributed by atoms with Crippen molar-refractivity contribution in [1.82, 2.24) is 4.98 Å². The Kier molecular flexibility index (Phi) is 2.33. The molecule has 1 aromatic heterocycles. The number of methoxy groups -OCH3 is 1. The number of nitriles is 1. The second-order valence-electron chi connectivity index (χ2n) is 4.62. The van der Waals surface area contributed by atoms with Crippen LogP contribution in [0.25, 0.3) is 11.1 Å². The molecule has 0 radical (unpaired) electrons. The van der Waals surface area contributed by atoms with E-state index in [1.54, 1.807) is 30.3 Å². The first-order valence-electron chi connectivity index (χ1n) is 5.87. The van der Waals surface area contributed by atoms with Crippen LogP contribution < -0.4 is 4.74 Å². The standard InChI is InChI=1S/C15H11FN2O/c1-15(16)12-5-3-9(8-17)7-11(12)10-4-6-13(19-2)18-14(10)15/h3-7H,1-2H3. The van der Waals surface area contributed by atoms with Crippen LogP contribution in [0.2, 0.25) is 0 Å². The minimum atomic E-state index is -1.66. The van der Waals surface area contributed by atoms with Gasteiger partial charge in [0.2, 0.25) is 5.88 Å². The number of fused-ring (bicyclic) bond motifs is 3. The van der Waals surface area contributed by atoms with Gasteiger partial charge in [-0.1, -0.05) is 6.07 Å². The van der Waals surface area contributed by atoms with E-state index in [0.717, 1.165) is 11.1 Å². The number of alkyl halides is 1. The number of aromatic nitrogens is 1. The highest BCUT2D eigenvalue weighted by Crippen LogP contribution is 2.49. The predicted octanol–water partition coefficient (Wildman–Crippen LogP) is 3.18. The fourth-order valence-corrected chi connectivity index (χ4v) is 2.50. The van der Waals surface area contributed by atoms with Crippen molar-refractivity contribution < 1.29 is 9.13 Å². The van der Waals surface area contributed by atoms with Crippen molar-refractivity contribution in [2.24, 2.45) is 0 Å². The van der Waals surface area contributed by atoms with Gasteiger partial charge in [-0.2, -0.15) is 5.26 Å². The number of halogens is 1. The van der Waals surface area contributed by atoms with Gasteiger partial charge in [0.25, 0.3) is 0 Å². The fraction of sp³-hybridized carbons (Fsp3) is 0.200. The number of ether oxygens (including phenoxy) is 1. The number of nitrogens with zero attached hydrogens (tertiary/aromatic N) is 2. The van der Waals surface area contributed by atoms with Gasteiger partial charge in [-0.25, -0.2) is 9.37 Å². The van der Waals surface area contributed by atoms with E-state index < -0.39 is 5.67 Å². The van der Waals surface area contributed by atoms with Crippen LogP contribution in [0.1, 0.15) is 23.7 Å². The summed E-state index contributed by atoms with van der Waals surface area (Å²) in [6, 6.07) is 10.5. The highest BCUT2D eigenvalue weighted by atomic mass is 19.1. The summed E-state index contributed by atoms with van der Waals surface area (Å²) in [7, 11) is 1.50. The molecule has 1 aliphatic rings. The average molecular weight is 254 g/mol. The maximum absolute atomic E-state index is 14.9. The Bertz CT molecular complexity index is 717. The van der Waals surface area contributed by atoms with Crippen LogP contribution in [0.4, 0.5) is 4.39 Å². The molecule has 1 aromatic carbocycles. The molecular formula is C15H11FN2O. The van der Waals surface area contributed by atoms with Gasteiger partial charge in [0.05, 0.1) is 24.4 Å². The number of rotatable bonds is 1. The molecule has 4 heteroatoms. The third-order valence-corrected chi connectivity index (χ3v) is 3.47. The van der Waals surface area contributed by atoms with Crippen molar-refractivity contribution in [3.63, 3.8) is 0 Å². The van der Waals surface area contributed by atoms with E-state index in [1.165, 1.54) is 14.0 Å². The van der Waals surface area contributed by atoms with Gasteiger partial charge in [0, 0.05) is 17.2 Å². The normalized spacial score (nSPS) is 19.5. The minimum Gasteiger partial charge on any atom is -0.481 e. The molecule has 94 valence electrons. The molecule has 0 saturated heterocycles. The molecule has 19 heavy (non-hydrogen) atoms. The quantitative estimate of drug-likeness (QED) is 0.785. The lowest BCUT2D eigenvalue weighted by atomic mass is 9.98. The maximum atomic E-state index is 14.9. The number of benzene rings is 1. The zero-order valence-electron chi connectivity index (χ0n) is 10.6. The van der Waals surface area contributed by atoms with Gasteiger partial charge in [0.15, 0.2) is 5.67 Å². The zero-order valence-corrected chi connectivity index (χ0v) is 10.6. The molecule has 2 aromatic rings. The van der Waals surface area contributed by atoms with E-state index in [1.807, 2.05) is 0 Å². The van der Waals surface area contributed by atoms with Crippen LogP contribution in [0, 0.1) is 11.3 Å². The summed E-state index contributed by atoms with van der Waals surface area (Å²) in [5.74, 6) is 0.385. The fourth-order valence-electron chi connectivity index (χ4n) is 2.50. The smallest absolute Gasteiger partial charge is 0.213 e. The van der Waals surface area contributed by atoms with Crippen LogP contribution in [0.5, 0.6) is 5.88 Å². The first-order chi connectivity index (χ1) is 9.07. The van der Waals surface area contributed by atoms with Crippen molar-refractivity contribution in [2.75, 3.05) is 7.11 Å². The van der Waals surface area contributed by atoms with Crippen molar-refractivity contribution in [3.8, 4) is 23.1 Å². The lowest BCUT2D eigenvalue weighted by Crippen LogP contribution is -2.15. The Morgan fingerprint density at radius 1 is 1.26 bits per heavy atom. The average Bonchev–Trinajstić information content (AvgIpc) is 2.66. The third kappa shape index (κ3) is 1.52. The Labute approximate surface area is 110 Å². The molecule has 3 rings (SSSR count). The summed E-state index contributed by atoms with van der Waals surface area (Å²) in [6.07, 6.45) is 0. The molecule has 1 aliphatic carbocycles. The number of hydrogen-bond acceptors (Lipinski definition) is 3. The van der Waals surface area contributed by atoms with E-state index >= 15 is 0 Å². The molecule has 0 amide bonds. The predicted molar refractivity (Wildman–Crippen MR) is 68.5 cm³/mol. The summed E-state index contributed by atoms with van der Waals surface area (Å²) in [6.45, 7) is 1.48. The third-order valence-electron chi connectivity index (χ3n) is 3.47. The summed E-state index contributed by atoms with van der Waals surface area (Å²) < 4.78 is 20.0. The Morgan fingerprint density at radius 3 is 2.74 bits per heavy atom. The lowest BCUT2D eigenvalue weighted by molar-refractivity contribution is 0.248. The number of hydrogen-bond donors (Lipinski definition) is 0. The van der Waals surface area contributed by atoms with Gasteiger partial charge in [0.1, 0.15) is 0 Å². The van der Waals surface area contributed by atoms with Crippen molar-refractivity contribution >= 4 is 0 Å². The molecule has 0 aliphatic heterocycles. The summed E-state index contributed by atoms with van der Waals surface area (Å²) in [5.41, 5.74) is 1.19. The Hall–Kier alpha value is -2.41. The Balaban J connectivity index is 2.31. The van der Waals surface area contributed by atoms with E-state index in [0.29, 0.717) is 22.7 Å². The highest BCUT2D eigenvalue weighted by Gasteiger charge is 2.41. The second-order valence-corrected chi connectivity index (χ2v) is 4.62. The van der Waals surface area contributed by atoms with Crippen LogP contribution in [0.15, 0.2) is 30.3 Å². The highest BCUT2D eigenvalue weighted by molar-refractivity contribution is 5.79. The lowest BCUT2D eigenvalue weighted by Gasteiger charge is -2.15. The first-order valence-corrected chi connectivity index (χ1v) is 5.87.